The van der Waals surface area contributed by atoms with Crippen molar-refractivity contribution in [1.82, 2.24) is 9.38 Å². The zero-order valence-electron chi connectivity index (χ0n) is 17.9. The Morgan fingerprint density at radius 1 is 1.19 bits per heavy atom. The second-order valence-corrected chi connectivity index (χ2v) is 7.50. The van der Waals surface area contributed by atoms with Gasteiger partial charge in [-0.25, -0.2) is 4.98 Å². The normalized spacial score (nSPS) is 10.9. The van der Waals surface area contributed by atoms with Crippen molar-refractivity contribution in [3.63, 3.8) is 0 Å². The number of carbonyl (C=O) groups is 1. The van der Waals surface area contributed by atoms with Crippen LogP contribution in [-0.4, -0.2) is 22.0 Å². The Hall–Kier alpha value is -3.85. The first kappa shape index (κ1) is 20.4. The number of aryl methyl sites for hydroxylation is 1. The molecule has 0 saturated heterocycles. The number of hydrogen-bond donors (Lipinski definition) is 1. The highest BCUT2D eigenvalue weighted by Gasteiger charge is 2.21. The third kappa shape index (κ3) is 3.82. The van der Waals surface area contributed by atoms with Crippen LogP contribution in [0.5, 0.6) is 0 Å². The summed E-state index contributed by atoms with van der Waals surface area (Å²) in [7, 11) is 0. The number of hydrogen-bond acceptors (Lipinski definition) is 5. The van der Waals surface area contributed by atoms with Gasteiger partial charge in [0.05, 0.1) is 23.2 Å². The van der Waals surface area contributed by atoms with Crippen LogP contribution in [0.25, 0.3) is 16.7 Å². The quantitative estimate of drug-likeness (QED) is 0.440. The number of anilines is 2. The third-order valence-electron chi connectivity index (χ3n) is 5.40. The van der Waals surface area contributed by atoms with E-state index in [2.05, 4.69) is 17.5 Å². The number of benzene rings is 2. The lowest BCUT2D eigenvalue weighted by atomic mass is 10.00. The summed E-state index contributed by atoms with van der Waals surface area (Å²) in [5.74, 6) is 0.563. The number of nitrogens with one attached hydrogen (secondary N) is 1. The van der Waals surface area contributed by atoms with Crippen LogP contribution < -0.4 is 5.32 Å². The van der Waals surface area contributed by atoms with Gasteiger partial charge in [-0.05, 0) is 68.1 Å². The van der Waals surface area contributed by atoms with Gasteiger partial charge in [-0.15, -0.1) is 0 Å². The molecule has 0 aliphatic heterocycles. The number of rotatable bonds is 6. The molecule has 4 rings (SSSR count). The van der Waals surface area contributed by atoms with Crippen molar-refractivity contribution >= 4 is 34.2 Å². The summed E-state index contributed by atoms with van der Waals surface area (Å²) in [6.07, 6.45) is 0.691. The van der Waals surface area contributed by atoms with Crippen molar-refractivity contribution in [3.05, 3.63) is 70.8 Å². The molecular weight excluding hydrogens is 388 g/mol. The Balaban J connectivity index is 1.98. The second-order valence-electron chi connectivity index (χ2n) is 7.50. The third-order valence-corrected chi connectivity index (χ3v) is 5.40. The van der Waals surface area contributed by atoms with E-state index in [0.29, 0.717) is 24.2 Å². The number of aromatic nitrogens is 2. The number of nitriles is 1. The molecule has 31 heavy (non-hydrogen) atoms. The van der Waals surface area contributed by atoms with Crippen molar-refractivity contribution in [3.8, 4) is 6.07 Å². The number of imidazole rings is 1. The number of carbonyl (C=O) groups excluding carboxylic acids is 1. The summed E-state index contributed by atoms with van der Waals surface area (Å²) in [4.78, 5) is 16.8. The van der Waals surface area contributed by atoms with Gasteiger partial charge in [0.25, 0.3) is 0 Å². The molecule has 0 unspecified atom stereocenters. The number of nitrogens with zero attached hydrogens (tertiary/aromatic N) is 3. The molecule has 156 valence electrons. The highest BCUT2D eigenvalue weighted by atomic mass is 16.5. The van der Waals surface area contributed by atoms with Crippen molar-refractivity contribution in [2.24, 2.45) is 0 Å². The minimum Gasteiger partial charge on any atom is -0.466 e. The average Bonchev–Trinajstić information content (AvgIpc) is 3.13. The largest absolute Gasteiger partial charge is 0.466 e. The SMILES string of the molecule is CCOC(=O)CCc1c(C)c(C#N)c2nc3ccccc3n2c1Nc1cccc(C)c1. The van der Waals surface area contributed by atoms with Gasteiger partial charge in [0.15, 0.2) is 5.65 Å². The molecule has 6 nitrogen and oxygen atoms in total. The number of pyridine rings is 1. The van der Waals surface area contributed by atoms with Crippen LogP contribution in [-0.2, 0) is 16.0 Å². The predicted molar refractivity (Wildman–Crippen MR) is 122 cm³/mol. The molecule has 0 atom stereocenters. The molecule has 6 heteroatoms. The minimum absolute atomic E-state index is 0.236. The van der Waals surface area contributed by atoms with Crippen molar-refractivity contribution < 1.29 is 9.53 Å². The van der Waals surface area contributed by atoms with Gasteiger partial charge in [0.2, 0.25) is 0 Å². The van der Waals surface area contributed by atoms with E-state index in [9.17, 15) is 10.1 Å². The van der Waals surface area contributed by atoms with Crippen LogP contribution in [0.15, 0.2) is 48.5 Å². The van der Waals surface area contributed by atoms with Crippen LogP contribution in [0.3, 0.4) is 0 Å². The Kier molecular flexibility index (Phi) is 5.59. The molecule has 0 bridgehead atoms. The maximum Gasteiger partial charge on any atom is 0.306 e. The monoisotopic (exact) mass is 412 g/mol. The first-order valence-electron chi connectivity index (χ1n) is 10.4. The summed E-state index contributed by atoms with van der Waals surface area (Å²) >= 11 is 0. The van der Waals surface area contributed by atoms with Gasteiger partial charge in [-0.2, -0.15) is 5.26 Å². The van der Waals surface area contributed by atoms with Gasteiger partial charge in [-0.3, -0.25) is 9.20 Å². The molecule has 1 N–H and O–H groups in total. The summed E-state index contributed by atoms with van der Waals surface area (Å²) < 4.78 is 7.12. The van der Waals surface area contributed by atoms with E-state index in [1.54, 1.807) is 6.92 Å². The first-order chi connectivity index (χ1) is 15.0. The molecule has 2 aromatic carbocycles. The average molecular weight is 412 g/mol. The molecule has 0 fully saturated rings. The smallest absolute Gasteiger partial charge is 0.306 e. The lowest BCUT2D eigenvalue weighted by Gasteiger charge is -2.19. The van der Waals surface area contributed by atoms with Crippen LogP contribution in [0.1, 0.15) is 35.6 Å². The van der Waals surface area contributed by atoms with E-state index in [1.165, 1.54) is 0 Å². The summed E-state index contributed by atoms with van der Waals surface area (Å²) in [6, 6.07) is 18.2. The number of ether oxygens (including phenoxy) is 1. The Bertz CT molecular complexity index is 1330. The van der Waals surface area contributed by atoms with E-state index in [0.717, 1.165) is 39.2 Å². The fraction of sp³-hybridized carbons (Fsp3) is 0.240. The van der Waals surface area contributed by atoms with E-state index in [-0.39, 0.29) is 12.4 Å². The molecular formula is C25H24N4O2. The zero-order chi connectivity index (χ0) is 22.0. The zero-order valence-corrected chi connectivity index (χ0v) is 17.9. The molecule has 0 saturated carbocycles. The van der Waals surface area contributed by atoms with Crippen molar-refractivity contribution in [1.29, 1.82) is 5.26 Å². The van der Waals surface area contributed by atoms with E-state index >= 15 is 0 Å². The fourth-order valence-corrected chi connectivity index (χ4v) is 3.94. The number of esters is 1. The van der Waals surface area contributed by atoms with Crippen LogP contribution in [0.2, 0.25) is 0 Å². The van der Waals surface area contributed by atoms with Crippen molar-refractivity contribution in [2.75, 3.05) is 11.9 Å². The molecule has 0 amide bonds. The van der Waals surface area contributed by atoms with E-state index in [1.807, 2.05) is 60.7 Å². The van der Waals surface area contributed by atoms with Gasteiger partial charge in [0.1, 0.15) is 11.9 Å². The Labute approximate surface area is 181 Å². The number of para-hydroxylation sites is 2. The van der Waals surface area contributed by atoms with Crippen LogP contribution >= 0.6 is 0 Å². The van der Waals surface area contributed by atoms with Gasteiger partial charge >= 0.3 is 5.97 Å². The molecule has 0 spiro atoms. The fourth-order valence-electron chi connectivity index (χ4n) is 3.94. The minimum atomic E-state index is -0.252. The molecule has 0 aliphatic rings. The highest BCUT2D eigenvalue weighted by Crippen LogP contribution is 2.33. The maximum atomic E-state index is 12.1. The van der Waals surface area contributed by atoms with Gasteiger partial charge in [-0.1, -0.05) is 24.3 Å². The highest BCUT2D eigenvalue weighted by molar-refractivity contribution is 5.87. The van der Waals surface area contributed by atoms with Crippen LogP contribution in [0, 0.1) is 25.2 Å². The first-order valence-corrected chi connectivity index (χ1v) is 10.4. The Morgan fingerprint density at radius 3 is 2.74 bits per heavy atom. The van der Waals surface area contributed by atoms with Gasteiger partial charge < -0.3 is 10.1 Å². The molecule has 0 radical (unpaired) electrons. The molecule has 2 aromatic heterocycles. The van der Waals surface area contributed by atoms with E-state index in [4.69, 9.17) is 9.72 Å². The second kappa shape index (κ2) is 8.49. The summed E-state index contributed by atoms with van der Waals surface area (Å²) in [5.41, 5.74) is 6.64. The molecule has 2 heterocycles. The number of fused-ring (bicyclic) bond motifs is 3. The summed E-state index contributed by atoms with van der Waals surface area (Å²) in [5, 5.41) is 13.5. The standard InChI is InChI=1S/C25H24N4O2/c1-4-31-23(30)13-12-19-17(3)20(15-26)25-28-21-10-5-6-11-22(21)29(25)24(19)27-18-9-7-8-16(2)14-18/h5-11,14,27H,4,12-13H2,1-3H3. The van der Waals surface area contributed by atoms with Gasteiger partial charge in [0, 0.05) is 12.1 Å². The molecule has 0 aliphatic carbocycles. The predicted octanol–water partition coefficient (Wildman–Crippen LogP) is 5.22. The lowest BCUT2D eigenvalue weighted by molar-refractivity contribution is -0.143. The van der Waals surface area contributed by atoms with E-state index < -0.39 is 0 Å². The Morgan fingerprint density at radius 2 is 2.00 bits per heavy atom. The topological polar surface area (TPSA) is 79.4 Å². The lowest BCUT2D eigenvalue weighted by Crippen LogP contribution is -2.11. The summed E-state index contributed by atoms with van der Waals surface area (Å²) in [6.45, 7) is 6.10. The maximum absolute atomic E-state index is 12.1. The van der Waals surface area contributed by atoms with Crippen molar-refractivity contribution in [2.45, 2.75) is 33.6 Å². The van der Waals surface area contributed by atoms with Crippen LogP contribution in [0.4, 0.5) is 11.5 Å². The molecule has 4 aromatic rings.